The van der Waals surface area contributed by atoms with Crippen molar-refractivity contribution >= 4 is 5.91 Å². The van der Waals surface area contributed by atoms with E-state index < -0.39 is 0 Å². The fourth-order valence-corrected chi connectivity index (χ4v) is 2.97. The number of aromatic nitrogens is 2. The summed E-state index contributed by atoms with van der Waals surface area (Å²) >= 11 is 0. The van der Waals surface area contributed by atoms with Crippen LogP contribution in [0.1, 0.15) is 48.5 Å². The van der Waals surface area contributed by atoms with E-state index in [1.807, 2.05) is 19.1 Å². The fourth-order valence-electron chi connectivity index (χ4n) is 2.97. The minimum absolute atomic E-state index is 0.0450. The van der Waals surface area contributed by atoms with Gasteiger partial charge < -0.3 is 19.0 Å². The summed E-state index contributed by atoms with van der Waals surface area (Å²) in [5, 5.41) is 6.91. The molecule has 0 bridgehead atoms. The van der Waals surface area contributed by atoms with Crippen LogP contribution >= 0.6 is 0 Å². The normalized spacial score (nSPS) is 16.9. The molecule has 2 aromatic rings. The molecule has 1 aliphatic rings. The molecule has 1 atom stereocenters. The number of carbonyl (C=O) groups excluding carboxylic acids is 1. The Labute approximate surface area is 140 Å². The molecule has 1 saturated heterocycles. The van der Waals surface area contributed by atoms with Gasteiger partial charge in [0.05, 0.1) is 0 Å². The van der Waals surface area contributed by atoms with Crippen molar-refractivity contribution in [3.63, 3.8) is 0 Å². The lowest BCUT2D eigenvalue weighted by atomic mass is 9.91. The Balaban J connectivity index is 1.63. The molecule has 3 rings (SSSR count). The van der Waals surface area contributed by atoms with Gasteiger partial charge in [-0.2, -0.15) is 4.98 Å². The lowest BCUT2D eigenvalue weighted by Gasteiger charge is -2.28. The number of nitrogens with zero attached hydrogens (tertiary/aromatic N) is 2. The number of nitrogens with one attached hydrogen (secondary N) is 1. The van der Waals surface area contributed by atoms with Gasteiger partial charge in [0.1, 0.15) is 17.6 Å². The van der Waals surface area contributed by atoms with Crippen molar-refractivity contribution in [3.8, 4) is 0 Å². The second-order valence-electron chi connectivity index (χ2n) is 6.19. The van der Waals surface area contributed by atoms with Crippen molar-refractivity contribution in [3.05, 3.63) is 35.4 Å². The van der Waals surface area contributed by atoms with Crippen molar-refractivity contribution in [2.24, 2.45) is 5.92 Å². The largest absolute Gasteiger partial charge is 0.466 e. The predicted molar refractivity (Wildman–Crippen MR) is 85.2 cm³/mol. The summed E-state index contributed by atoms with van der Waals surface area (Å²) in [6.45, 7) is 5.05. The molecule has 7 heteroatoms. The first-order valence-corrected chi connectivity index (χ1v) is 8.34. The van der Waals surface area contributed by atoms with Gasteiger partial charge in [0.25, 0.3) is 0 Å². The number of amides is 1. The van der Waals surface area contributed by atoms with Gasteiger partial charge in [-0.15, -0.1) is 0 Å². The summed E-state index contributed by atoms with van der Waals surface area (Å²) in [7, 11) is 0. The molecule has 0 unspecified atom stereocenters. The third kappa shape index (κ3) is 4.23. The lowest BCUT2D eigenvalue weighted by Crippen LogP contribution is -2.36. The second-order valence-corrected chi connectivity index (χ2v) is 6.19. The highest BCUT2D eigenvalue weighted by molar-refractivity contribution is 5.76. The Morgan fingerprint density at radius 3 is 2.75 bits per heavy atom. The Morgan fingerprint density at radius 2 is 2.12 bits per heavy atom. The van der Waals surface area contributed by atoms with E-state index in [9.17, 15) is 4.79 Å². The van der Waals surface area contributed by atoms with Crippen molar-refractivity contribution in [2.45, 2.75) is 45.6 Å². The number of ether oxygens (including phenoxy) is 1. The van der Waals surface area contributed by atoms with E-state index in [0.717, 1.165) is 24.4 Å². The Hall–Kier alpha value is -2.15. The van der Waals surface area contributed by atoms with Crippen molar-refractivity contribution < 1.29 is 18.5 Å². The van der Waals surface area contributed by atoms with Gasteiger partial charge in [-0.1, -0.05) is 5.16 Å². The maximum Gasteiger partial charge on any atom is 0.249 e. The van der Waals surface area contributed by atoms with Crippen LogP contribution in [0.25, 0.3) is 0 Å². The second kappa shape index (κ2) is 7.61. The molecule has 130 valence electrons. The molecule has 1 aliphatic heterocycles. The average molecular weight is 333 g/mol. The van der Waals surface area contributed by atoms with Gasteiger partial charge in [0.2, 0.25) is 11.8 Å². The Morgan fingerprint density at radius 1 is 1.33 bits per heavy atom. The molecule has 0 spiro atoms. The zero-order valence-electron chi connectivity index (χ0n) is 14.1. The molecular weight excluding hydrogens is 310 g/mol. The van der Waals surface area contributed by atoms with E-state index in [2.05, 4.69) is 15.5 Å². The van der Waals surface area contributed by atoms with E-state index in [1.165, 1.54) is 0 Å². The topological polar surface area (TPSA) is 90.4 Å². The van der Waals surface area contributed by atoms with Crippen LogP contribution in [0.4, 0.5) is 0 Å². The van der Waals surface area contributed by atoms with Crippen LogP contribution in [0.3, 0.4) is 0 Å². The molecule has 0 aromatic carbocycles. The van der Waals surface area contributed by atoms with E-state index in [-0.39, 0.29) is 17.9 Å². The molecule has 1 fully saturated rings. The third-order valence-electron chi connectivity index (χ3n) is 4.26. The van der Waals surface area contributed by atoms with Crippen molar-refractivity contribution in [1.82, 2.24) is 15.5 Å². The van der Waals surface area contributed by atoms with E-state index in [0.29, 0.717) is 37.8 Å². The fraction of sp³-hybridized carbons (Fsp3) is 0.588. The van der Waals surface area contributed by atoms with Gasteiger partial charge in [-0.05, 0) is 44.7 Å². The first-order chi connectivity index (χ1) is 11.6. The molecule has 0 radical (unpaired) electrons. The number of furan rings is 1. The molecule has 7 nitrogen and oxygen atoms in total. The van der Waals surface area contributed by atoms with E-state index >= 15 is 0 Å². The maximum atomic E-state index is 12.4. The number of hydrogen-bond donors (Lipinski definition) is 1. The zero-order valence-corrected chi connectivity index (χ0v) is 14.1. The Bertz CT molecular complexity index is 673. The number of aryl methyl sites for hydroxylation is 3. The van der Waals surface area contributed by atoms with Crippen LogP contribution in [-0.2, 0) is 16.0 Å². The first kappa shape index (κ1) is 16.7. The van der Waals surface area contributed by atoms with Crippen LogP contribution in [-0.4, -0.2) is 29.3 Å². The third-order valence-corrected chi connectivity index (χ3v) is 4.26. The minimum Gasteiger partial charge on any atom is -0.466 e. The predicted octanol–water partition coefficient (Wildman–Crippen LogP) is 2.50. The van der Waals surface area contributed by atoms with E-state index in [1.54, 1.807) is 6.92 Å². The highest BCUT2D eigenvalue weighted by Gasteiger charge is 2.31. The molecule has 2 aromatic heterocycles. The van der Waals surface area contributed by atoms with Gasteiger partial charge in [0.15, 0.2) is 5.82 Å². The molecule has 0 aliphatic carbocycles. The highest BCUT2D eigenvalue weighted by Crippen LogP contribution is 2.29. The SMILES string of the molecule is Cc1noc([C@H](NC(=O)CCc2ccc(C)o2)C2CCOCC2)n1. The molecular formula is C17H23N3O4. The van der Waals surface area contributed by atoms with Crippen LogP contribution in [0.15, 0.2) is 21.1 Å². The van der Waals surface area contributed by atoms with Crippen molar-refractivity contribution in [1.29, 1.82) is 0 Å². The maximum absolute atomic E-state index is 12.4. The number of hydrogen-bond acceptors (Lipinski definition) is 6. The van der Waals surface area contributed by atoms with Crippen molar-refractivity contribution in [2.75, 3.05) is 13.2 Å². The van der Waals surface area contributed by atoms with Gasteiger partial charge in [-0.3, -0.25) is 4.79 Å². The zero-order chi connectivity index (χ0) is 16.9. The standard InChI is InChI=1S/C17H23N3O4/c1-11-3-4-14(23-11)5-6-15(21)19-16(13-7-9-22-10-8-13)17-18-12(2)20-24-17/h3-4,13,16H,5-10H2,1-2H3,(H,19,21)/t16-/m1/s1. The summed E-state index contributed by atoms with van der Waals surface area (Å²) in [6, 6.07) is 3.54. The summed E-state index contributed by atoms with van der Waals surface area (Å²) in [5.74, 6) is 2.92. The average Bonchev–Trinajstić information content (AvgIpc) is 3.20. The summed E-state index contributed by atoms with van der Waals surface area (Å²) in [6.07, 6.45) is 2.66. The number of rotatable bonds is 6. The van der Waals surface area contributed by atoms with Gasteiger partial charge >= 0.3 is 0 Å². The van der Waals surface area contributed by atoms with Crippen LogP contribution in [0.2, 0.25) is 0 Å². The molecule has 1 N–H and O–H groups in total. The Kier molecular flexibility index (Phi) is 5.30. The lowest BCUT2D eigenvalue weighted by molar-refractivity contribution is -0.122. The van der Waals surface area contributed by atoms with E-state index in [4.69, 9.17) is 13.7 Å². The smallest absolute Gasteiger partial charge is 0.249 e. The quantitative estimate of drug-likeness (QED) is 0.873. The summed E-state index contributed by atoms with van der Waals surface area (Å²) in [4.78, 5) is 16.7. The highest BCUT2D eigenvalue weighted by atomic mass is 16.5. The summed E-state index contributed by atoms with van der Waals surface area (Å²) in [5.41, 5.74) is 0. The van der Waals surface area contributed by atoms with Crippen LogP contribution in [0, 0.1) is 19.8 Å². The van der Waals surface area contributed by atoms with Crippen LogP contribution < -0.4 is 5.32 Å². The number of carbonyl (C=O) groups is 1. The molecule has 3 heterocycles. The van der Waals surface area contributed by atoms with Gasteiger partial charge in [-0.25, -0.2) is 0 Å². The van der Waals surface area contributed by atoms with Crippen LogP contribution in [0.5, 0.6) is 0 Å². The molecule has 1 amide bonds. The monoisotopic (exact) mass is 333 g/mol. The molecule has 0 saturated carbocycles. The summed E-state index contributed by atoms with van der Waals surface area (Å²) < 4.78 is 16.2. The minimum atomic E-state index is -0.263. The van der Waals surface area contributed by atoms with Gasteiger partial charge in [0, 0.05) is 26.1 Å². The first-order valence-electron chi connectivity index (χ1n) is 8.34. The molecule has 24 heavy (non-hydrogen) atoms.